The van der Waals surface area contributed by atoms with Crippen LogP contribution in [0.25, 0.3) is 0 Å². The quantitative estimate of drug-likeness (QED) is 0.588. The Morgan fingerprint density at radius 2 is 2.30 bits per heavy atom. The second kappa shape index (κ2) is 2.45. The molecule has 1 aliphatic rings. The summed E-state index contributed by atoms with van der Waals surface area (Å²) in [5.41, 5.74) is 2.33. The predicted molar refractivity (Wildman–Crippen MR) is 29.3 cm³/mol. The van der Waals surface area contributed by atoms with Crippen LogP contribution in [0.2, 0.25) is 0 Å². The average molecular weight is 153 g/mol. The molecule has 1 heterocycles. The fraction of sp³-hybridized carbons (Fsp3) is 0.750. The number of hydrogen-bond acceptors (Lipinski definition) is 3. The van der Waals surface area contributed by atoms with Crippen LogP contribution in [0.4, 0.5) is 13.2 Å². The number of nitrogens with zero attached hydrogens (tertiary/aromatic N) is 2. The number of rotatable bonds is 1. The van der Waals surface area contributed by atoms with Gasteiger partial charge in [0.1, 0.15) is 13.2 Å². The summed E-state index contributed by atoms with van der Waals surface area (Å²) in [5.74, 6) is 0. The lowest BCUT2D eigenvalue weighted by molar-refractivity contribution is -0.148. The zero-order valence-electron chi connectivity index (χ0n) is 5.02. The van der Waals surface area contributed by atoms with Gasteiger partial charge >= 0.3 is 6.18 Å². The molecule has 1 rings (SSSR count). The summed E-state index contributed by atoms with van der Waals surface area (Å²) in [6.07, 6.45) is -2.91. The molecule has 0 saturated heterocycles. The Hall–Kier alpha value is -0.780. The van der Waals surface area contributed by atoms with Crippen LogP contribution in [-0.4, -0.2) is 30.7 Å². The highest BCUT2D eigenvalue weighted by Crippen LogP contribution is 2.15. The fourth-order valence-corrected chi connectivity index (χ4v) is 0.615. The van der Waals surface area contributed by atoms with E-state index in [1.165, 1.54) is 6.34 Å². The summed E-state index contributed by atoms with van der Waals surface area (Å²) in [6, 6.07) is 0. The molecule has 1 aliphatic heterocycles. The van der Waals surface area contributed by atoms with E-state index in [1.807, 2.05) is 0 Å². The fourth-order valence-electron chi connectivity index (χ4n) is 0.615. The second-order valence-corrected chi connectivity index (χ2v) is 1.90. The molecule has 10 heavy (non-hydrogen) atoms. The minimum absolute atomic E-state index is 0.0690. The first-order valence-electron chi connectivity index (χ1n) is 2.64. The van der Waals surface area contributed by atoms with Gasteiger partial charge < -0.3 is 5.43 Å². The van der Waals surface area contributed by atoms with Gasteiger partial charge in [-0.3, -0.25) is 4.99 Å². The van der Waals surface area contributed by atoms with Crippen molar-refractivity contribution < 1.29 is 13.2 Å². The maximum Gasteiger partial charge on any atom is 0.403 e. The van der Waals surface area contributed by atoms with Gasteiger partial charge in [-0.1, -0.05) is 0 Å². The lowest BCUT2D eigenvalue weighted by atomic mass is 10.6. The summed E-state index contributed by atoms with van der Waals surface area (Å²) < 4.78 is 34.7. The highest BCUT2D eigenvalue weighted by Gasteiger charge is 2.31. The summed E-state index contributed by atoms with van der Waals surface area (Å²) >= 11 is 0. The average Bonchev–Trinajstić information content (AvgIpc) is 2.12. The van der Waals surface area contributed by atoms with Crippen molar-refractivity contribution in [1.82, 2.24) is 10.4 Å². The van der Waals surface area contributed by atoms with Crippen molar-refractivity contribution in [3.63, 3.8) is 0 Å². The number of hydrogen-bond donors (Lipinski definition) is 1. The SMILES string of the molecule is FC(F)(F)CN1CN=CN1. The smallest absolute Gasteiger partial charge is 0.307 e. The van der Waals surface area contributed by atoms with Crippen molar-refractivity contribution >= 4 is 6.34 Å². The Kier molecular flexibility index (Phi) is 1.80. The third-order valence-electron chi connectivity index (χ3n) is 0.954. The van der Waals surface area contributed by atoms with E-state index in [0.717, 1.165) is 5.01 Å². The van der Waals surface area contributed by atoms with Crippen molar-refractivity contribution in [2.75, 3.05) is 13.2 Å². The van der Waals surface area contributed by atoms with E-state index in [0.29, 0.717) is 0 Å². The van der Waals surface area contributed by atoms with Crippen LogP contribution in [0, 0.1) is 0 Å². The van der Waals surface area contributed by atoms with E-state index in [9.17, 15) is 13.2 Å². The van der Waals surface area contributed by atoms with Crippen LogP contribution < -0.4 is 5.43 Å². The van der Waals surface area contributed by atoms with E-state index in [4.69, 9.17) is 0 Å². The van der Waals surface area contributed by atoms with Crippen molar-refractivity contribution in [3.8, 4) is 0 Å². The van der Waals surface area contributed by atoms with Gasteiger partial charge in [0.05, 0.1) is 6.34 Å². The van der Waals surface area contributed by atoms with E-state index in [2.05, 4.69) is 10.4 Å². The molecule has 0 aromatic heterocycles. The highest BCUT2D eigenvalue weighted by molar-refractivity contribution is 5.54. The predicted octanol–water partition coefficient (Wildman–Crippen LogP) is 0.355. The number of nitrogens with one attached hydrogen (secondary N) is 1. The molecule has 3 nitrogen and oxygen atoms in total. The Morgan fingerprint density at radius 1 is 1.60 bits per heavy atom. The lowest BCUT2D eigenvalue weighted by Crippen LogP contribution is -2.39. The third kappa shape index (κ3) is 2.22. The summed E-state index contributed by atoms with van der Waals surface area (Å²) in [6.45, 7) is -0.896. The van der Waals surface area contributed by atoms with Crippen LogP contribution in [0.3, 0.4) is 0 Å². The molecule has 0 aromatic rings. The van der Waals surface area contributed by atoms with Crippen LogP contribution in [0.1, 0.15) is 0 Å². The van der Waals surface area contributed by atoms with Crippen molar-refractivity contribution in [2.24, 2.45) is 4.99 Å². The van der Waals surface area contributed by atoms with Gasteiger partial charge in [-0.05, 0) is 0 Å². The molecule has 0 unspecified atom stereocenters. The van der Waals surface area contributed by atoms with Gasteiger partial charge in [0, 0.05) is 0 Å². The first-order valence-corrected chi connectivity index (χ1v) is 2.64. The standard InChI is InChI=1S/C4H6F3N3/c5-4(6,7)1-10-3-8-2-9-10/h2H,1,3H2,(H,8,9). The maximum atomic E-state index is 11.6. The minimum Gasteiger partial charge on any atom is -0.307 e. The molecule has 0 radical (unpaired) electrons. The molecular weight excluding hydrogens is 147 g/mol. The normalized spacial score (nSPS) is 19.5. The van der Waals surface area contributed by atoms with Gasteiger partial charge in [-0.25, -0.2) is 0 Å². The molecule has 6 heteroatoms. The number of hydrazine groups is 1. The van der Waals surface area contributed by atoms with Gasteiger partial charge in [-0.15, -0.1) is 0 Å². The van der Waals surface area contributed by atoms with Crippen molar-refractivity contribution in [1.29, 1.82) is 0 Å². The lowest BCUT2D eigenvalue weighted by Gasteiger charge is -2.15. The molecule has 0 aliphatic carbocycles. The van der Waals surface area contributed by atoms with Crippen LogP contribution in [-0.2, 0) is 0 Å². The Morgan fingerprint density at radius 3 is 2.70 bits per heavy atom. The Bertz CT molecular complexity index is 133. The monoisotopic (exact) mass is 153 g/mol. The first kappa shape index (κ1) is 7.33. The molecule has 58 valence electrons. The maximum absolute atomic E-state index is 11.6. The first-order chi connectivity index (χ1) is 4.58. The second-order valence-electron chi connectivity index (χ2n) is 1.90. The molecule has 0 fully saturated rings. The van der Waals surface area contributed by atoms with Crippen LogP contribution in [0.15, 0.2) is 4.99 Å². The van der Waals surface area contributed by atoms with Gasteiger partial charge in [0.25, 0.3) is 0 Å². The summed E-state index contributed by atoms with van der Waals surface area (Å²) in [4.78, 5) is 3.54. The van der Waals surface area contributed by atoms with Crippen LogP contribution in [0.5, 0.6) is 0 Å². The molecule has 0 atom stereocenters. The molecule has 0 bridgehead atoms. The third-order valence-corrected chi connectivity index (χ3v) is 0.954. The van der Waals surface area contributed by atoms with Crippen molar-refractivity contribution in [2.45, 2.75) is 6.18 Å². The van der Waals surface area contributed by atoms with E-state index in [1.54, 1.807) is 0 Å². The van der Waals surface area contributed by atoms with Crippen molar-refractivity contribution in [3.05, 3.63) is 0 Å². The van der Waals surface area contributed by atoms with E-state index < -0.39 is 12.7 Å². The Labute approximate surface area is 55.5 Å². The topological polar surface area (TPSA) is 27.6 Å². The summed E-state index contributed by atoms with van der Waals surface area (Å²) in [7, 11) is 0. The largest absolute Gasteiger partial charge is 0.403 e. The van der Waals surface area contributed by atoms with Gasteiger partial charge in [0.15, 0.2) is 0 Å². The number of halogens is 3. The molecule has 0 saturated carbocycles. The van der Waals surface area contributed by atoms with E-state index in [-0.39, 0.29) is 6.67 Å². The molecule has 0 aromatic carbocycles. The number of alkyl halides is 3. The van der Waals surface area contributed by atoms with Gasteiger partial charge in [0.2, 0.25) is 0 Å². The molecular formula is C4H6F3N3. The zero-order valence-corrected chi connectivity index (χ0v) is 5.02. The highest BCUT2D eigenvalue weighted by atomic mass is 19.4. The van der Waals surface area contributed by atoms with E-state index >= 15 is 0 Å². The minimum atomic E-state index is -4.15. The molecule has 0 amide bonds. The van der Waals surface area contributed by atoms with Crippen LogP contribution >= 0.6 is 0 Å². The Balaban J connectivity index is 2.26. The van der Waals surface area contributed by atoms with Gasteiger partial charge in [-0.2, -0.15) is 18.2 Å². The molecule has 1 N–H and O–H groups in total. The number of aliphatic imine (C=N–C) groups is 1. The molecule has 0 spiro atoms. The summed E-state index contributed by atoms with van der Waals surface area (Å²) in [5, 5.41) is 0.972. The zero-order chi connectivity index (χ0) is 7.61.